The molecule has 0 aromatic heterocycles. The fourth-order valence-electron chi connectivity index (χ4n) is 6.78. The number of carboxylic acids is 2. The van der Waals surface area contributed by atoms with Gasteiger partial charge in [0.15, 0.2) is 0 Å². The van der Waals surface area contributed by atoms with Gasteiger partial charge in [0.1, 0.15) is 5.84 Å². The molecule has 0 saturated carbocycles. The lowest BCUT2D eigenvalue weighted by Gasteiger charge is -2.42. The van der Waals surface area contributed by atoms with Crippen molar-refractivity contribution in [3.63, 3.8) is 0 Å². The molecule has 0 aliphatic carbocycles. The Kier molecular flexibility index (Phi) is 8.89. The normalized spacial score (nSPS) is 16.3. The maximum atomic E-state index is 13.6. The number of rotatable bonds is 9. The molecule has 2 atom stereocenters. The van der Waals surface area contributed by atoms with Crippen molar-refractivity contribution in [2.45, 2.75) is 31.7 Å². The molecule has 256 valence electrons. The SMILES string of the molecule is Cc1cc(C(=O)O)cc(C(=O)Nc2cc(-c3ccc(C(N)=O)cc3C(=O)O)cc(C3CC(C)(c4ccccc4)c4cc(C(=N)N)ccc4N3)c2)c1. The number of carbonyl (C=O) groups is 4. The second-order valence-electron chi connectivity index (χ2n) is 12.9. The minimum atomic E-state index is -1.27. The number of carbonyl (C=O) groups excluding carboxylic acids is 2. The zero-order chi connectivity index (χ0) is 36.6. The van der Waals surface area contributed by atoms with Gasteiger partial charge < -0.3 is 32.3 Å². The Hall–Kier alpha value is -6.75. The molecule has 5 aromatic rings. The average molecular weight is 682 g/mol. The number of fused-ring (bicyclic) bond motifs is 1. The first-order valence-corrected chi connectivity index (χ1v) is 16.0. The highest BCUT2D eigenvalue weighted by Gasteiger charge is 2.39. The summed E-state index contributed by atoms with van der Waals surface area (Å²) in [6.45, 7) is 3.81. The monoisotopic (exact) mass is 681 g/mol. The third-order valence-electron chi connectivity index (χ3n) is 9.33. The van der Waals surface area contributed by atoms with Gasteiger partial charge in [0.2, 0.25) is 5.91 Å². The van der Waals surface area contributed by atoms with Crippen molar-refractivity contribution in [3.8, 4) is 11.1 Å². The van der Waals surface area contributed by atoms with E-state index < -0.39 is 29.2 Å². The standard InChI is InChI=1S/C40H35N5O6/c1-21-12-26(15-27(13-21)38(48)49)37(47)44-29-16-24(30-10-8-23(36(43)46)18-31(30)39(50)51)14-25(17-29)34-20-40(2,28-6-4-3-5-7-28)32-19-22(35(41)42)9-11-33(32)45-34/h3-19,34,45H,20H2,1-2H3,(H3,41,42)(H2,43,46)(H,44,47)(H,48,49)(H,50,51). The highest BCUT2D eigenvalue weighted by molar-refractivity contribution is 6.06. The fraction of sp³-hybridized carbons (Fsp3) is 0.125. The summed E-state index contributed by atoms with van der Waals surface area (Å²) < 4.78 is 0. The van der Waals surface area contributed by atoms with Gasteiger partial charge in [-0.25, -0.2) is 9.59 Å². The number of aromatic carboxylic acids is 2. The molecular formula is C40H35N5O6. The maximum absolute atomic E-state index is 13.6. The molecule has 2 unspecified atom stereocenters. The number of amidine groups is 1. The zero-order valence-electron chi connectivity index (χ0n) is 27.8. The largest absolute Gasteiger partial charge is 0.478 e. The van der Waals surface area contributed by atoms with Crippen LogP contribution < -0.4 is 22.1 Å². The van der Waals surface area contributed by atoms with Crippen LogP contribution in [0, 0.1) is 12.3 Å². The molecule has 1 heterocycles. The molecule has 0 saturated heterocycles. The van der Waals surface area contributed by atoms with Crippen LogP contribution in [0.2, 0.25) is 0 Å². The number of nitrogens with two attached hydrogens (primary N) is 2. The van der Waals surface area contributed by atoms with Crippen molar-refractivity contribution in [1.82, 2.24) is 0 Å². The smallest absolute Gasteiger partial charge is 0.336 e. The molecule has 5 aromatic carbocycles. The number of nitrogens with one attached hydrogen (secondary N) is 3. The van der Waals surface area contributed by atoms with Crippen molar-refractivity contribution in [1.29, 1.82) is 5.41 Å². The lowest BCUT2D eigenvalue weighted by molar-refractivity contribution is 0.0686. The Morgan fingerprint density at radius 3 is 2.18 bits per heavy atom. The summed E-state index contributed by atoms with van der Waals surface area (Å²) in [6, 6.07) is 29.0. The summed E-state index contributed by atoms with van der Waals surface area (Å²) in [7, 11) is 0. The topological polar surface area (TPSA) is 209 Å². The number of nitrogen functional groups attached to an aromatic ring is 1. The van der Waals surface area contributed by atoms with Gasteiger partial charge in [0, 0.05) is 33.5 Å². The molecule has 51 heavy (non-hydrogen) atoms. The van der Waals surface area contributed by atoms with Crippen LogP contribution in [-0.2, 0) is 5.41 Å². The van der Waals surface area contributed by atoms with Crippen molar-refractivity contribution >= 4 is 41.0 Å². The van der Waals surface area contributed by atoms with E-state index in [1.165, 1.54) is 30.3 Å². The first kappa shape index (κ1) is 34.1. The van der Waals surface area contributed by atoms with Crippen LogP contribution in [0.15, 0.2) is 103 Å². The van der Waals surface area contributed by atoms with Crippen molar-refractivity contribution in [2.24, 2.45) is 11.5 Å². The van der Waals surface area contributed by atoms with Gasteiger partial charge in [-0.1, -0.05) is 43.3 Å². The molecule has 11 heteroatoms. The van der Waals surface area contributed by atoms with Crippen molar-refractivity contribution < 1.29 is 29.4 Å². The molecule has 0 fully saturated rings. The summed E-state index contributed by atoms with van der Waals surface area (Å²) in [5.41, 5.74) is 16.5. The second kappa shape index (κ2) is 13.3. The molecule has 0 spiro atoms. The van der Waals surface area contributed by atoms with Gasteiger partial charge in [0.25, 0.3) is 5.91 Å². The Morgan fingerprint density at radius 2 is 1.51 bits per heavy atom. The molecule has 9 N–H and O–H groups in total. The van der Waals surface area contributed by atoms with Gasteiger partial charge in [-0.15, -0.1) is 0 Å². The molecular weight excluding hydrogens is 646 g/mol. The third-order valence-corrected chi connectivity index (χ3v) is 9.33. The summed E-state index contributed by atoms with van der Waals surface area (Å²) in [5, 5.41) is 34.3. The van der Waals surface area contributed by atoms with Gasteiger partial charge >= 0.3 is 11.9 Å². The van der Waals surface area contributed by atoms with E-state index in [1.54, 1.807) is 31.2 Å². The van der Waals surface area contributed by atoms with Crippen molar-refractivity contribution in [2.75, 3.05) is 10.6 Å². The van der Waals surface area contributed by atoms with Crippen molar-refractivity contribution in [3.05, 3.63) is 153 Å². The molecule has 0 bridgehead atoms. The number of amides is 2. The number of hydrogen-bond acceptors (Lipinski definition) is 6. The third kappa shape index (κ3) is 6.77. The van der Waals surface area contributed by atoms with E-state index in [1.807, 2.05) is 48.5 Å². The van der Waals surface area contributed by atoms with E-state index in [2.05, 4.69) is 17.6 Å². The molecule has 6 rings (SSSR count). The number of anilines is 2. The van der Waals surface area contributed by atoms with Gasteiger partial charge in [-0.3, -0.25) is 15.0 Å². The Bertz CT molecular complexity index is 2270. The van der Waals surface area contributed by atoms with Crippen LogP contribution in [0.3, 0.4) is 0 Å². The van der Waals surface area contributed by atoms with Gasteiger partial charge in [-0.2, -0.15) is 0 Å². The fourth-order valence-corrected chi connectivity index (χ4v) is 6.78. The maximum Gasteiger partial charge on any atom is 0.336 e. The summed E-state index contributed by atoms with van der Waals surface area (Å²) >= 11 is 0. The Morgan fingerprint density at radius 1 is 0.804 bits per heavy atom. The van der Waals surface area contributed by atoms with Crippen LogP contribution in [0.1, 0.15) is 88.6 Å². The number of primary amides is 1. The number of aryl methyl sites for hydroxylation is 1. The Balaban J connectivity index is 1.51. The molecule has 11 nitrogen and oxygen atoms in total. The summed E-state index contributed by atoms with van der Waals surface area (Å²) in [5.74, 6) is -3.82. The van der Waals surface area contributed by atoms with E-state index in [0.29, 0.717) is 34.4 Å². The van der Waals surface area contributed by atoms with E-state index >= 15 is 0 Å². The number of hydrogen-bond donors (Lipinski definition) is 7. The minimum absolute atomic E-state index is 0.0311. The first-order valence-electron chi connectivity index (χ1n) is 16.0. The highest BCUT2D eigenvalue weighted by atomic mass is 16.4. The van der Waals surface area contributed by atoms with Crippen LogP contribution in [0.4, 0.5) is 11.4 Å². The van der Waals surface area contributed by atoms with Crippen LogP contribution in [0.25, 0.3) is 11.1 Å². The summed E-state index contributed by atoms with van der Waals surface area (Å²) in [6.07, 6.45) is 0.522. The van der Waals surface area contributed by atoms with E-state index in [9.17, 15) is 29.4 Å². The first-order chi connectivity index (χ1) is 24.2. The molecule has 2 amide bonds. The van der Waals surface area contributed by atoms with Crippen LogP contribution >= 0.6 is 0 Å². The number of carboxylic acid groups (broad SMARTS) is 2. The van der Waals surface area contributed by atoms with E-state index in [0.717, 1.165) is 22.4 Å². The molecule has 1 aliphatic rings. The number of benzene rings is 5. The van der Waals surface area contributed by atoms with Gasteiger partial charge in [-0.05, 0) is 113 Å². The van der Waals surface area contributed by atoms with Crippen LogP contribution in [-0.4, -0.2) is 39.8 Å². The van der Waals surface area contributed by atoms with E-state index in [-0.39, 0.29) is 34.1 Å². The van der Waals surface area contributed by atoms with E-state index in [4.69, 9.17) is 16.9 Å². The highest BCUT2D eigenvalue weighted by Crippen LogP contribution is 2.49. The summed E-state index contributed by atoms with van der Waals surface area (Å²) in [4.78, 5) is 49.8. The molecule has 1 aliphatic heterocycles. The lowest BCUT2D eigenvalue weighted by atomic mass is 9.68. The minimum Gasteiger partial charge on any atom is -0.478 e. The lowest BCUT2D eigenvalue weighted by Crippen LogP contribution is -2.35. The quantitative estimate of drug-likeness (QED) is 0.0668. The predicted octanol–water partition coefficient (Wildman–Crippen LogP) is 6.56. The molecule has 0 radical (unpaired) electrons. The van der Waals surface area contributed by atoms with Crippen LogP contribution in [0.5, 0.6) is 0 Å². The second-order valence-corrected chi connectivity index (χ2v) is 12.9. The Labute approximate surface area is 293 Å². The average Bonchev–Trinajstić information content (AvgIpc) is 3.11. The zero-order valence-corrected chi connectivity index (χ0v) is 27.8. The predicted molar refractivity (Wildman–Crippen MR) is 195 cm³/mol. The van der Waals surface area contributed by atoms with Gasteiger partial charge in [0.05, 0.1) is 17.2 Å².